The molecule has 0 amide bonds. The molecule has 0 aromatic rings. The van der Waals surface area contributed by atoms with Gasteiger partial charge in [0.1, 0.15) is 0 Å². The Morgan fingerprint density at radius 3 is 1.25 bits per heavy atom. The molecule has 0 saturated carbocycles. The summed E-state index contributed by atoms with van der Waals surface area (Å²) in [6, 6.07) is 0. The van der Waals surface area contributed by atoms with E-state index in [9.17, 15) is 0 Å². The summed E-state index contributed by atoms with van der Waals surface area (Å²) in [6.07, 6.45) is 4.08. The summed E-state index contributed by atoms with van der Waals surface area (Å²) in [7, 11) is 0. The van der Waals surface area contributed by atoms with Crippen molar-refractivity contribution in [3.63, 3.8) is 0 Å². The van der Waals surface area contributed by atoms with Crippen LogP contribution in [-0.2, 0) is 0 Å². The molecule has 0 aliphatic rings. The summed E-state index contributed by atoms with van der Waals surface area (Å²) in [4.78, 5) is 0. The first-order valence-corrected chi connectivity index (χ1v) is 2.45. The van der Waals surface area contributed by atoms with Crippen molar-refractivity contribution in [2.75, 3.05) is 12.5 Å². The van der Waals surface area contributed by atoms with Crippen LogP contribution in [-0.4, -0.2) is 36.4 Å². The van der Waals surface area contributed by atoms with Gasteiger partial charge >= 0.3 is 23.9 Å². The van der Waals surface area contributed by atoms with Gasteiger partial charge in [-0.2, -0.15) is 11.8 Å². The molecule has 0 aliphatic heterocycles. The van der Waals surface area contributed by atoms with Gasteiger partial charge in [-0.05, 0) is 12.5 Å². The molecule has 0 heterocycles. The van der Waals surface area contributed by atoms with Crippen LogP contribution >= 0.6 is 11.8 Å². The molecule has 0 fully saturated rings. The molecule has 4 heavy (non-hydrogen) atoms. The van der Waals surface area contributed by atoms with Gasteiger partial charge in [0.15, 0.2) is 0 Å². The van der Waals surface area contributed by atoms with Crippen molar-refractivity contribution in [3.05, 3.63) is 0 Å². The molecule has 0 rings (SSSR count). The van der Waals surface area contributed by atoms with Crippen molar-refractivity contribution in [2.45, 2.75) is 0 Å². The van der Waals surface area contributed by atoms with Gasteiger partial charge in [0.25, 0.3) is 0 Å². The first-order chi connectivity index (χ1) is 1.41. The van der Waals surface area contributed by atoms with Crippen molar-refractivity contribution in [2.24, 2.45) is 0 Å². The van der Waals surface area contributed by atoms with Crippen LogP contribution in [0.3, 0.4) is 0 Å². The Balaban J connectivity index is 0. The molecule has 0 N–H and O–H groups in total. The molecule has 0 saturated heterocycles. The molecule has 0 unspecified atom stereocenters. The molecule has 0 aliphatic carbocycles. The van der Waals surface area contributed by atoms with Crippen LogP contribution in [0.2, 0.25) is 0 Å². The Morgan fingerprint density at radius 2 is 1.25 bits per heavy atom. The summed E-state index contributed by atoms with van der Waals surface area (Å²) in [6.45, 7) is 0. The van der Waals surface area contributed by atoms with Gasteiger partial charge in [-0.15, -0.1) is 0 Å². The van der Waals surface area contributed by atoms with Gasteiger partial charge in [0.05, 0.1) is 0 Å². The molecular weight excluding hydrogens is 175 g/mol. The van der Waals surface area contributed by atoms with E-state index in [0.29, 0.717) is 0 Å². The Hall–Kier alpha value is 1.15. The summed E-state index contributed by atoms with van der Waals surface area (Å²) < 4.78 is 0. The third kappa shape index (κ3) is 11.0. The van der Waals surface area contributed by atoms with Crippen LogP contribution < -0.4 is 0 Å². The zero-order chi connectivity index (χ0) is 2.71. The van der Waals surface area contributed by atoms with Crippen LogP contribution in [0.1, 0.15) is 0 Å². The zero-order valence-electron chi connectivity index (χ0n) is 3.12. The van der Waals surface area contributed by atoms with E-state index in [4.69, 9.17) is 0 Å². The molecule has 0 aromatic carbocycles. The number of rotatable bonds is 0. The first-order valence-electron chi connectivity index (χ1n) is 0.816. The molecule has 0 nitrogen and oxygen atoms in total. The quantitative estimate of drug-likeness (QED) is 0.478. The number of hydrogen-bond acceptors (Lipinski definition) is 1. The van der Waals surface area contributed by atoms with Crippen LogP contribution in [0.25, 0.3) is 0 Å². The zero-order valence-corrected chi connectivity index (χ0v) is 7.97. The molecule has 0 aromatic heterocycles. The van der Waals surface area contributed by atoms with Gasteiger partial charge in [-0.1, -0.05) is 0 Å². The summed E-state index contributed by atoms with van der Waals surface area (Å²) in [5, 5.41) is 0. The van der Waals surface area contributed by atoms with Crippen molar-refractivity contribution in [1.29, 1.82) is 0 Å². The van der Waals surface area contributed by atoms with Gasteiger partial charge in [0, 0.05) is 0 Å². The molecule has 26 valence electrons. The summed E-state index contributed by atoms with van der Waals surface area (Å²) in [5.41, 5.74) is 0. The van der Waals surface area contributed by atoms with E-state index in [1.165, 1.54) is 0 Å². The van der Waals surface area contributed by atoms with Crippen molar-refractivity contribution in [1.82, 2.24) is 0 Å². The molecular formula is C2H8SSn. The molecule has 0 atom stereocenters. The average Bonchev–Trinajstić information content (AvgIpc) is 0.918. The Morgan fingerprint density at radius 1 is 1.25 bits per heavy atom. The second-order valence-corrected chi connectivity index (χ2v) is 1.22. The van der Waals surface area contributed by atoms with E-state index < -0.39 is 0 Å². The first kappa shape index (κ1) is 8.94. The van der Waals surface area contributed by atoms with Crippen molar-refractivity contribution in [3.8, 4) is 0 Å². The van der Waals surface area contributed by atoms with E-state index in [1.54, 1.807) is 11.8 Å². The van der Waals surface area contributed by atoms with E-state index in [2.05, 4.69) is 0 Å². The predicted octanol–water partition coefficient (Wildman–Crippen LogP) is 0.0630. The molecule has 0 spiro atoms. The fourth-order valence-corrected chi connectivity index (χ4v) is 0. The number of hydrogen-bond donors (Lipinski definition) is 0. The summed E-state index contributed by atoms with van der Waals surface area (Å²) >= 11 is 1.75. The number of thioether (sulfide) groups is 1. The SMILES string of the molecule is CSC.[SnH2]. The van der Waals surface area contributed by atoms with Crippen LogP contribution in [0.15, 0.2) is 0 Å². The minimum atomic E-state index is 0. The van der Waals surface area contributed by atoms with Gasteiger partial charge in [-0.25, -0.2) is 0 Å². The van der Waals surface area contributed by atoms with Crippen molar-refractivity contribution >= 4 is 35.7 Å². The molecule has 2 radical (unpaired) electrons. The van der Waals surface area contributed by atoms with E-state index in [0.717, 1.165) is 0 Å². The monoisotopic (exact) mass is 184 g/mol. The molecule has 0 bridgehead atoms. The van der Waals surface area contributed by atoms with E-state index in [-0.39, 0.29) is 23.9 Å². The predicted molar refractivity (Wildman–Crippen MR) is 28.0 cm³/mol. The topological polar surface area (TPSA) is 0 Å². The minimum absolute atomic E-state index is 0. The normalized spacial score (nSPS) is 4.50. The van der Waals surface area contributed by atoms with E-state index in [1.807, 2.05) is 12.5 Å². The Labute approximate surface area is 48.3 Å². The fraction of sp³-hybridized carbons (Fsp3) is 1.00. The van der Waals surface area contributed by atoms with Crippen LogP contribution in [0.4, 0.5) is 0 Å². The van der Waals surface area contributed by atoms with Gasteiger partial charge in [0.2, 0.25) is 0 Å². The average molecular weight is 183 g/mol. The second kappa shape index (κ2) is 8.91. The summed E-state index contributed by atoms with van der Waals surface area (Å²) in [5.74, 6) is 0. The van der Waals surface area contributed by atoms with Crippen LogP contribution in [0, 0.1) is 0 Å². The second-order valence-electron chi connectivity index (χ2n) is 0.408. The van der Waals surface area contributed by atoms with Gasteiger partial charge in [-0.3, -0.25) is 0 Å². The maximum atomic E-state index is 2.04. The van der Waals surface area contributed by atoms with Crippen LogP contribution in [0.5, 0.6) is 0 Å². The van der Waals surface area contributed by atoms with Crippen molar-refractivity contribution < 1.29 is 0 Å². The standard InChI is InChI=1S/C2H6S.Sn.2H/c1-3-2;;;/h1-2H3;;;. The molecule has 2 heteroatoms. The maximum absolute atomic E-state index is 2.04. The third-order valence-corrected chi connectivity index (χ3v) is 0. The third-order valence-electron chi connectivity index (χ3n) is 0. The van der Waals surface area contributed by atoms with Gasteiger partial charge < -0.3 is 0 Å². The Kier molecular flexibility index (Phi) is 19.9. The fourth-order valence-electron chi connectivity index (χ4n) is 0. The Bertz CT molecular complexity index is 6.00. The van der Waals surface area contributed by atoms with E-state index >= 15 is 0 Å².